The average Bonchev–Trinajstić information content (AvgIpc) is 2.37. The molecule has 0 aliphatic carbocycles. The van der Waals surface area contributed by atoms with Crippen molar-refractivity contribution < 1.29 is 0 Å². The first kappa shape index (κ1) is 12.1. The molecule has 2 rings (SSSR count). The summed E-state index contributed by atoms with van der Waals surface area (Å²) in [5.74, 6) is 1.14. The molecule has 2 heteroatoms. The van der Waals surface area contributed by atoms with E-state index in [0.29, 0.717) is 11.8 Å². The van der Waals surface area contributed by atoms with Gasteiger partial charge in [-0.25, -0.2) is 0 Å². The second-order valence-corrected chi connectivity index (χ2v) is 4.78. The van der Waals surface area contributed by atoms with Crippen LogP contribution in [-0.4, -0.2) is 18.6 Å². The van der Waals surface area contributed by atoms with E-state index in [-0.39, 0.29) is 0 Å². The molecule has 0 bridgehead atoms. The molecule has 2 atom stereocenters. The average molecular weight is 228 g/mol. The van der Waals surface area contributed by atoms with Gasteiger partial charge >= 0.3 is 0 Å². The molecular weight excluding hydrogens is 208 g/mol. The van der Waals surface area contributed by atoms with Gasteiger partial charge in [0.25, 0.3) is 0 Å². The zero-order valence-corrected chi connectivity index (χ0v) is 10.8. The summed E-state index contributed by atoms with van der Waals surface area (Å²) in [6.45, 7) is 5.58. The number of para-hydroxylation sites is 1. The van der Waals surface area contributed by atoms with Gasteiger partial charge in [0.05, 0.1) is 5.52 Å². The minimum Gasteiger partial charge on any atom is -0.319 e. The Bertz CT molecular complexity index is 493. The predicted molar refractivity (Wildman–Crippen MR) is 73.2 cm³/mol. The Morgan fingerprint density at radius 1 is 1.24 bits per heavy atom. The monoisotopic (exact) mass is 228 g/mol. The van der Waals surface area contributed by atoms with Crippen molar-refractivity contribution in [2.24, 2.45) is 5.92 Å². The number of fused-ring (bicyclic) bond motifs is 1. The third-order valence-corrected chi connectivity index (χ3v) is 3.52. The Balaban J connectivity index is 2.29. The van der Waals surface area contributed by atoms with E-state index in [1.165, 1.54) is 10.9 Å². The lowest BCUT2D eigenvalue weighted by Crippen LogP contribution is -2.20. The smallest absolute Gasteiger partial charge is 0.0702 e. The Morgan fingerprint density at radius 3 is 2.76 bits per heavy atom. The maximum absolute atomic E-state index is 4.52. The molecule has 0 spiro atoms. The number of hydrogen-bond acceptors (Lipinski definition) is 2. The van der Waals surface area contributed by atoms with Crippen LogP contribution in [-0.2, 0) is 0 Å². The van der Waals surface area contributed by atoms with Crippen molar-refractivity contribution in [3.8, 4) is 0 Å². The highest BCUT2D eigenvalue weighted by Gasteiger charge is 2.14. The van der Waals surface area contributed by atoms with Gasteiger partial charge in [-0.3, -0.25) is 4.98 Å². The zero-order valence-electron chi connectivity index (χ0n) is 10.8. The Labute approximate surface area is 103 Å². The molecule has 0 saturated heterocycles. The first-order chi connectivity index (χ1) is 8.22. The van der Waals surface area contributed by atoms with Gasteiger partial charge in [0, 0.05) is 11.6 Å². The van der Waals surface area contributed by atoms with Crippen molar-refractivity contribution >= 4 is 10.9 Å². The molecule has 0 aliphatic heterocycles. The van der Waals surface area contributed by atoms with Crippen LogP contribution in [0.1, 0.15) is 25.3 Å². The highest BCUT2D eigenvalue weighted by Crippen LogP contribution is 2.25. The molecule has 1 N–H and O–H groups in total. The Kier molecular flexibility index (Phi) is 3.75. The second kappa shape index (κ2) is 5.28. The van der Waals surface area contributed by atoms with Gasteiger partial charge in [-0.2, -0.15) is 0 Å². The third kappa shape index (κ3) is 2.64. The number of benzene rings is 1. The lowest BCUT2D eigenvalue weighted by Gasteiger charge is -2.20. The summed E-state index contributed by atoms with van der Waals surface area (Å²) in [5, 5.41) is 4.46. The number of aromatic nitrogens is 1. The maximum atomic E-state index is 4.52. The van der Waals surface area contributed by atoms with E-state index in [2.05, 4.69) is 48.4 Å². The minimum absolute atomic E-state index is 0.527. The highest BCUT2D eigenvalue weighted by molar-refractivity contribution is 5.78. The van der Waals surface area contributed by atoms with Crippen LogP contribution in [0.25, 0.3) is 10.9 Å². The SMILES string of the molecule is CNCC(C)C(C)c1cnc2ccccc2c1. The van der Waals surface area contributed by atoms with Crippen LogP contribution in [0.2, 0.25) is 0 Å². The van der Waals surface area contributed by atoms with Crippen molar-refractivity contribution in [3.05, 3.63) is 42.1 Å². The third-order valence-electron chi connectivity index (χ3n) is 3.52. The largest absolute Gasteiger partial charge is 0.319 e. The van der Waals surface area contributed by atoms with Crippen molar-refractivity contribution in [2.45, 2.75) is 19.8 Å². The van der Waals surface area contributed by atoms with Crippen LogP contribution in [0.15, 0.2) is 36.5 Å². The van der Waals surface area contributed by atoms with Gasteiger partial charge in [0.1, 0.15) is 0 Å². The fourth-order valence-electron chi connectivity index (χ4n) is 2.16. The van der Waals surface area contributed by atoms with Gasteiger partial charge in [0.15, 0.2) is 0 Å². The number of nitrogens with one attached hydrogen (secondary N) is 1. The molecule has 2 nitrogen and oxygen atoms in total. The van der Waals surface area contributed by atoms with E-state index in [4.69, 9.17) is 0 Å². The van der Waals surface area contributed by atoms with Crippen LogP contribution in [0.5, 0.6) is 0 Å². The molecule has 2 aromatic rings. The molecule has 90 valence electrons. The fraction of sp³-hybridized carbons (Fsp3) is 0.400. The van der Waals surface area contributed by atoms with Crippen LogP contribution in [0, 0.1) is 5.92 Å². The van der Waals surface area contributed by atoms with E-state index in [9.17, 15) is 0 Å². The van der Waals surface area contributed by atoms with Gasteiger partial charge in [-0.15, -0.1) is 0 Å². The van der Waals surface area contributed by atoms with E-state index in [1.807, 2.05) is 19.3 Å². The first-order valence-corrected chi connectivity index (χ1v) is 6.21. The Hall–Kier alpha value is -1.41. The summed E-state index contributed by atoms with van der Waals surface area (Å²) >= 11 is 0. The summed E-state index contributed by atoms with van der Waals surface area (Å²) in [6, 6.07) is 10.5. The van der Waals surface area contributed by atoms with Crippen LogP contribution in [0.4, 0.5) is 0 Å². The van der Waals surface area contributed by atoms with E-state index in [1.54, 1.807) is 0 Å². The lowest BCUT2D eigenvalue weighted by molar-refractivity contribution is 0.465. The van der Waals surface area contributed by atoms with Gasteiger partial charge in [-0.1, -0.05) is 32.0 Å². The normalized spacial score (nSPS) is 14.8. The second-order valence-electron chi connectivity index (χ2n) is 4.78. The molecule has 0 amide bonds. The topological polar surface area (TPSA) is 24.9 Å². The number of nitrogens with zero attached hydrogens (tertiary/aromatic N) is 1. The highest BCUT2D eigenvalue weighted by atomic mass is 14.8. The van der Waals surface area contributed by atoms with E-state index < -0.39 is 0 Å². The van der Waals surface area contributed by atoms with Crippen molar-refractivity contribution in [3.63, 3.8) is 0 Å². The summed E-state index contributed by atoms with van der Waals surface area (Å²) < 4.78 is 0. The molecule has 17 heavy (non-hydrogen) atoms. The molecule has 2 unspecified atom stereocenters. The lowest BCUT2D eigenvalue weighted by atomic mass is 9.89. The molecule has 1 aromatic carbocycles. The first-order valence-electron chi connectivity index (χ1n) is 6.21. The zero-order chi connectivity index (χ0) is 12.3. The standard InChI is InChI=1S/C15H20N2/c1-11(9-16-3)12(2)14-8-13-6-4-5-7-15(13)17-10-14/h4-8,10-12,16H,9H2,1-3H3. The molecule has 0 radical (unpaired) electrons. The summed E-state index contributed by atoms with van der Waals surface area (Å²) in [7, 11) is 2.00. The molecule has 1 heterocycles. The summed E-state index contributed by atoms with van der Waals surface area (Å²) in [6.07, 6.45) is 2.01. The van der Waals surface area contributed by atoms with Gasteiger partial charge in [-0.05, 0) is 43.1 Å². The fourth-order valence-corrected chi connectivity index (χ4v) is 2.16. The van der Waals surface area contributed by atoms with Crippen LogP contribution in [0.3, 0.4) is 0 Å². The summed E-state index contributed by atoms with van der Waals surface area (Å²) in [4.78, 5) is 4.52. The van der Waals surface area contributed by atoms with Gasteiger partial charge in [0.2, 0.25) is 0 Å². The van der Waals surface area contributed by atoms with Crippen molar-refractivity contribution in [1.82, 2.24) is 10.3 Å². The molecule has 0 fully saturated rings. The Morgan fingerprint density at radius 2 is 2.00 bits per heavy atom. The number of hydrogen-bond donors (Lipinski definition) is 1. The minimum atomic E-state index is 0.527. The van der Waals surface area contributed by atoms with Crippen LogP contribution < -0.4 is 5.32 Å². The van der Waals surface area contributed by atoms with Gasteiger partial charge < -0.3 is 5.32 Å². The summed E-state index contributed by atoms with van der Waals surface area (Å²) in [5.41, 5.74) is 2.40. The van der Waals surface area contributed by atoms with Crippen molar-refractivity contribution in [1.29, 1.82) is 0 Å². The quantitative estimate of drug-likeness (QED) is 0.869. The van der Waals surface area contributed by atoms with Crippen LogP contribution >= 0.6 is 0 Å². The maximum Gasteiger partial charge on any atom is 0.0702 e. The molecule has 1 aromatic heterocycles. The molecule has 0 aliphatic rings. The predicted octanol–water partition coefficient (Wildman–Crippen LogP) is 3.19. The van der Waals surface area contributed by atoms with E-state index >= 15 is 0 Å². The molecule has 0 saturated carbocycles. The number of rotatable bonds is 4. The number of pyridine rings is 1. The van der Waals surface area contributed by atoms with Crippen molar-refractivity contribution in [2.75, 3.05) is 13.6 Å². The van der Waals surface area contributed by atoms with E-state index in [0.717, 1.165) is 12.1 Å². The molecular formula is C15H20N2.